The molecule has 0 aliphatic rings. The van der Waals surface area contributed by atoms with Gasteiger partial charge in [0.2, 0.25) is 0 Å². The molecule has 1 heterocycles. The molecule has 18 heavy (non-hydrogen) atoms. The molecule has 1 aromatic heterocycles. The Labute approximate surface area is 109 Å². The third-order valence-electron chi connectivity index (χ3n) is 2.91. The number of fused-ring (bicyclic) bond motifs is 1. The van der Waals surface area contributed by atoms with Crippen LogP contribution in [0.4, 0.5) is 0 Å². The van der Waals surface area contributed by atoms with Crippen LogP contribution in [-0.4, -0.2) is 5.11 Å². The quantitative estimate of drug-likeness (QED) is 0.748. The van der Waals surface area contributed by atoms with E-state index in [0.29, 0.717) is 16.3 Å². The van der Waals surface area contributed by atoms with E-state index in [1.165, 1.54) is 0 Å². The number of aliphatic hydroxyl groups excluding tert-OH is 1. The van der Waals surface area contributed by atoms with Crippen molar-refractivity contribution in [2.45, 2.75) is 6.10 Å². The minimum absolute atomic E-state index is 0.504. The van der Waals surface area contributed by atoms with Crippen molar-refractivity contribution in [1.82, 2.24) is 0 Å². The van der Waals surface area contributed by atoms with Crippen molar-refractivity contribution in [3.63, 3.8) is 0 Å². The number of benzene rings is 2. The fraction of sp³-hybridized carbons (Fsp3) is 0.0667. The number of halogens is 1. The van der Waals surface area contributed by atoms with Gasteiger partial charge in [-0.15, -0.1) is 0 Å². The summed E-state index contributed by atoms with van der Waals surface area (Å²) in [5.74, 6) is 0.504. The fourth-order valence-corrected chi connectivity index (χ4v) is 2.23. The van der Waals surface area contributed by atoms with Gasteiger partial charge in [-0.2, -0.15) is 0 Å². The van der Waals surface area contributed by atoms with Gasteiger partial charge >= 0.3 is 0 Å². The predicted molar refractivity (Wildman–Crippen MR) is 71.7 cm³/mol. The van der Waals surface area contributed by atoms with Crippen molar-refractivity contribution in [2.24, 2.45) is 0 Å². The van der Waals surface area contributed by atoms with E-state index in [1.54, 1.807) is 12.1 Å². The molecule has 2 aromatic carbocycles. The maximum Gasteiger partial charge on any atom is 0.138 e. The topological polar surface area (TPSA) is 33.4 Å². The molecule has 1 N–H and O–H groups in total. The summed E-state index contributed by atoms with van der Waals surface area (Å²) in [6.45, 7) is 0. The number of para-hydroxylation sites is 1. The van der Waals surface area contributed by atoms with E-state index in [9.17, 15) is 5.11 Å². The molecule has 0 amide bonds. The molecule has 0 aliphatic carbocycles. The van der Waals surface area contributed by atoms with Gasteiger partial charge in [0, 0.05) is 16.0 Å². The van der Waals surface area contributed by atoms with Crippen LogP contribution in [0.2, 0.25) is 5.02 Å². The van der Waals surface area contributed by atoms with Gasteiger partial charge in [0.25, 0.3) is 0 Å². The van der Waals surface area contributed by atoms with Crippen LogP contribution in [0.25, 0.3) is 11.0 Å². The first-order valence-electron chi connectivity index (χ1n) is 5.66. The lowest BCUT2D eigenvalue weighted by atomic mass is 10.1. The van der Waals surface area contributed by atoms with Crippen LogP contribution in [0.3, 0.4) is 0 Å². The summed E-state index contributed by atoms with van der Waals surface area (Å²) in [6, 6.07) is 16.7. The van der Waals surface area contributed by atoms with Crippen molar-refractivity contribution >= 4 is 22.6 Å². The number of furan rings is 1. The molecule has 0 fully saturated rings. The van der Waals surface area contributed by atoms with Crippen molar-refractivity contribution in [1.29, 1.82) is 0 Å². The molecule has 0 spiro atoms. The Kier molecular flexibility index (Phi) is 2.82. The van der Waals surface area contributed by atoms with E-state index in [1.807, 2.05) is 42.5 Å². The van der Waals surface area contributed by atoms with E-state index in [-0.39, 0.29) is 0 Å². The van der Waals surface area contributed by atoms with Gasteiger partial charge in [-0.1, -0.05) is 48.0 Å². The molecular weight excluding hydrogens is 248 g/mol. The largest absolute Gasteiger partial charge is 0.458 e. The predicted octanol–water partition coefficient (Wildman–Crippen LogP) is 4.17. The Morgan fingerprint density at radius 3 is 2.50 bits per heavy atom. The molecule has 0 saturated heterocycles. The Balaban J connectivity index is 2.07. The lowest BCUT2D eigenvalue weighted by Crippen LogP contribution is -1.98. The lowest BCUT2D eigenvalue weighted by Gasteiger charge is -2.09. The number of hydrogen-bond donors (Lipinski definition) is 1. The Morgan fingerprint density at radius 1 is 1.00 bits per heavy atom. The zero-order valence-electron chi connectivity index (χ0n) is 9.51. The molecule has 1 unspecified atom stereocenters. The molecule has 2 nitrogen and oxygen atoms in total. The minimum Gasteiger partial charge on any atom is -0.458 e. The third kappa shape index (κ3) is 1.90. The molecule has 1 atom stereocenters. The van der Waals surface area contributed by atoms with Crippen LogP contribution in [-0.2, 0) is 0 Å². The normalized spacial score (nSPS) is 12.8. The molecule has 0 radical (unpaired) electrons. The summed E-state index contributed by atoms with van der Waals surface area (Å²) in [5, 5.41) is 11.8. The van der Waals surface area contributed by atoms with Gasteiger partial charge in [0.05, 0.1) is 0 Å². The maximum absolute atomic E-state index is 10.3. The van der Waals surface area contributed by atoms with Gasteiger partial charge in [0.15, 0.2) is 0 Å². The molecule has 3 aromatic rings. The molecule has 0 saturated carbocycles. The van der Waals surface area contributed by atoms with Crippen molar-refractivity contribution < 1.29 is 9.52 Å². The summed E-state index contributed by atoms with van der Waals surface area (Å²) in [5.41, 5.74) is 1.41. The van der Waals surface area contributed by atoms with E-state index in [4.69, 9.17) is 16.0 Å². The van der Waals surface area contributed by atoms with Crippen LogP contribution < -0.4 is 0 Å². The van der Waals surface area contributed by atoms with Gasteiger partial charge < -0.3 is 9.52 Å². The Hall–Kier alpha value is -1.77. The van der Waals surface area contributed by atoms with Gasteiger partial charge in [-0.05, 0) is 18.2 Å². The molecule has 90 valence electrons. The van der Waals surface area contributed by atoms with Crippen molar-refractivity contribution in [3.05, 3.63) is 70.9 Å². The first kappa shape index (κ1) is 11.3. The molecule has 0 bridgehead atoms. The van der Waals surface area contributed by atoms with E-state index in [0.717, 1.165) is 11.0 Å². The Morgan fingerprint density at radius 2 is 1.72 bits per heavy atom. The Bertz CT molecular complexity index is 655. The smallest absolute Gasteiger partial charge is 0.138 e. The second-order valence-corrected chi connectivity index (χ2v) is 4.52. The highest BCUT2D eigenvalue weighted by Gasteiger charge is 2.17. The average Bonchev–Trinajstić information content (AvgIpc) is 2.82. The van der Waals surface area contributed by atoms with Crippen molar-refractivity contribution in [2.75, 3.05) is 0 Å². The average molecular weight is 259 g/mol. The number of hydrogen-bond acceptors (Lipinski definition) is 2. The van der Waals surface area contributed by atoms with E-state index < -0.39 is 6.10 Å². The highest BCUT2D eigenvalue weighted by atomic mass is 35.5. The SMILES string of the molecule is OC(c1cc2ccccc2o1)c1ccccc1Cl. The molecule has 3 rings (SSSR count). The van der Waals surface area contributed by atoms with E-state index in [2.05, 4.69) is 0 Å². The lowest BCUT2D eigenvalue weighted by molar-refractivity contribution is 0.192. The molecule has 0 aliphatic heterocycles. The van der Waals surface area contributed by atoms with Gasteiger partial charge in [-0.25, -0.2) is 0 Å². The fourth-order valence-electron chi connectivity index (χ4n) is 1.99. The summed E-state index contributed by atoms with van der Waals surface area (Å²) in [4.78, 5) is 0. The van der Waals surface area contributed by atoms with E-state index >= 15 is 0 Å². The zero-order chi connectivity index (χ0) is 12.5. The third-order valence-corrected chi connectivity index (χ3v) is 3.26. The van der Waals surface area contributed by atoms with Crippen LogP contribution in [0, 0.1) is 0 Å². The second-order valence-electron chi connectivity index (χ2n) is 4.11. The number of rotatable bonds is 2. The standard InChI is InChI=1S/C15H11ClO2/c16-12-7-3-2-6-11(12)15(17)14-9-10-5-1-4-8-13(10)18-14/h1-9,15,17H. The summed E-state index contributed by atoms with van der Waals surface area (Å²) >= 11 is 6.07. The first-order chi connectivity index (χ1) is 8.75. The van der Waals surface area contributed by atoms with Gasteiger partial charge in [0.1, 0.15) is 17.4 Å². The van der Waals surface area contributed by atoms with Crippen LogP contribution in [0.1, 0.15) is 17.4 Å². The second kappa shape index (κ2) is 4.48. The summed E-state index contributed by atoms with van der Waals surface area (Å²) in [6.07, 6.45) is -0.842. The molecular formula is C15H11ClO2. The van der Waals surface area contributed by atoms with Gasteiger partial charge in [-0.3, -0.25) is 0 Å². The highest BCUT2D eigenvalue weighted by Crippen LogP contribution is 2.31. The van der Waals surface area contributed by atoms with Crippen LogP contribution >= 0.6 is 11.6 Å². The molecule has 3 heteroatoms. The maximum atomic E-state index is 10.3. The summed E-state index contributed by atoms with van der Waals surface area (Å²) in [7, 11) is 0. The monoisotopic (exact) mass is 258 g/mol. The zero-order valence-corrected chi connectivity index (χ0v) is 10.3. The highest BCUT2D eigenvalue weighted by molar-refractivity contribution is 6.31. The number of aliphatic hydroxyl groups is 1. The van der Waals surface area contributed by atoms with Crippen molar-refractivity contribution in [3.8, 4) is 0 Å². The minimum atomic E-state index is -0.842. The van der Waals surface area contributed by atoms with Crippen LogP contribution in [0.15, 0.2) is 59.0 Å². The van der Waals surface area contributed by atoms with Crippen LogP contribution in [0.5, 0.6) is 0 Å². The first-order valence-corrected chi connectivity index (χ1v) is 6.04. The summed E-state index contributed by atoms with van der Waals surface area (Å²) < 4.78 is 5.63.